The predicted molar refractivity (Wildman–Crippen MR) is 130 cm³/mol. The maximum atomic E-state index is 12.4. The summed E-state index contributed by atoms with van der Waals surface area (Å²) in [6.07, 6.45) is 3.83. The minimum absolute atomic E-state index is 0.136. The lowest BCUT2D eigenvalue weighted by Gasteiger charge is -2.07. The van der Waals surface area contributed by atoms with Crippen molar-refractivity contribution in [1.82, 2.24) is 9.99 Å². The average molecular weight is 468 g/mol. The molecule has 0 fully saturated rings. The third-order valence-corrected chi connectivity index (χ3v) is 5.16. The number of nitro benzene ring substituents is 1. The molecule has 0 unspecified atom stereocenters. The van der Waals surface area contributed by atoms with Gasteiger partial charge in [0, 0.05) is 29.7 Å². The molecule has 0 aliphatic carbocycles. The van der Waals surface area contributed by atoms with Crippen LogP contribution in [0.4, 0.5) is 5.69 Å². The fraction of sp³-hybridized carbons (Fsp3) is 0.0385. The Labute approximate surface area is 200 Å². The molecule has 1 aromatic heterocycles. The number of rotatable bonds is 7. The van der Waals surface area contributed by atoms with E-state index < -0.39 is 10.9 Å². The fourth-order valence-corrected chi connectivity index (χ4v) is 3.29. The molecule has 35 heavy (non-hydrogen) atoms. The Balaban J connectivity index is 1.38. The van der Waals surface area contributed by atoms with Crippen LogP contribution in [0.15, 0.2) is 102 Å². The number of nitro groups is 1. The van der Waals surface area contributed by atoms with E-state index >= 15 is 0 Å². The highest BCUT2D eigenvalue weighted by Gasteiger charge is 2.21. The van der Waals surface area contributed by atoms with Gasteiger partial charge in [-0.2, -0.15) is 5.10 Å². The highest BCUT2D eigenvalue weighted by Crippen LogP contribution is 2.21. The van der Waals surface area contributed by atoms with Gasteiger partial charge in [-0.3, -0.25) is 14.9 Å². The van der Waals surface area contributed by atoms with Crippen molar-refractivity contribution in [3.05, 3.63) is 124 Å². The molecular weight excluding hydrogens is 448 g/mol. The Kier molecular flexibility index (Phi) is 6.78. The van der Waals surface area contributed by atoms with Crippen molar-refractivity contribution in [3.8, 4) is 11.4 Å². The van der Waals surface area contributed by atoms with Crippen molar-refractivity contribution >= 4 is 23.3 Å². The zero-order valence-electron chi connectivity index (χ0n) is 18.6. The Morgan fingerprint density at radius 2 is 1.51 bits per heavy atom. The summed E-state index contributed by atoms with van der Waals surface area (Å²) in [7, 11) is 0. The summed E-state index contributed by atoms with van der Waals surface area (Å²) < 4.78 is 7.20. The van der Waals surface area contributed by atoms with Crippen LogP contribution in [0.3, 0.4) is 0 Å². The first-order chi connectivity index (χ1) is 16.9. The number of carbonyl (C=O) groups is 2. The van der Waals surface area contributed by atoms with Gasteiger partial charge in [-0.15, -0.1) is 0 Å². The molecule has 0 atom stereocenters. The van der Waals surface area contributed by atoms with E-state index in [2.05, 4.69) is 10.5 Å². The van der Waals surface area contributed by atoms with E-state index in [1.165, 1.54) is 24.3 Å². The van der Waals surface area contributed by atoms with Crippen LogP contribution in [-0.2, 0) is 0 Å². The van der Waals surface area contributed by atoms with Gasteiger partial charge in [-0.1, -0.05) is 12.1 Å². The molecule has 1 N–H and O–H groups in total. The third-order valence-electron chi connectivity index (χ3n) is 5.16. The molecule has 3 aromatic carbocycles. The second-order valence-electron chi connectivity index (χ2n) is 7.46. The van der Waals surface area contributed by atoms with Crippen molar-refractivity contribution in [2.75, 3.05) is 0 Å². The number of hydrogen-bond acceptors (Lipinski definition) is 6. The van der Waals surface area contributed by atoms with E-state index in [-0.39, 0.29) is 22.9 Å². The molecule has 0 saturated carbocycles. The van der Waals surface area contributed by atoms with Crippen molar-refractivity contribution in [3.63, 3.8) is 0 Å². The van der Waals surface area contributed by atoms with Gasteiger partial charge >= 0.3 is 5.97 Å². The van der Waals surface area contributed by atoms with E-state index in [0.29, 0.717) is 16.8 Å². The summed E-state index contributed by atoms with van der Waals surface area (Å²) >= 11 is 0. The summed E-state index contributed by atoms with van der Waals surface area (Å²) in [5.74, 6) is -0.958. The molecule has 0 saturated heterocycles. The lowest BCUT2D eigenvalue weighted by Crippen LogP contribution is -2.19. The second-order valence-corrected chi connectivity index (χ2v) is 7.46. The number of amides is 1. The molecule has 9 nitrogen and oxygen atoms in total. The van der Waals surface area contributed by atoms with Crippen molar-refractivity contribution < 1.29 is 19.2 Å². The Bertz CT molecular complexity index is 1390. The first-order valence-electron chi connectivity index (χ1n) is 10.6. The maximum absolute atomic E-state index is 12.4. The standard InChI is InChI=1S/C26H20N4O5/c1-18(27-28-25(31)20-8-12-21(13-9-20)29-16-4-5-17-29)19-10-14-22(15-11-19)35-26(32)23-6-2-3-7-24(23)30(33)34/h2-17H,1H3,(H,28,31). The van der Waals surface area contributed by atoms with Gasteiger partial charge in [0.25, 0.3) is 11.6 Å². The number of para-hydroxylation sites is 1. The SMILES string of the molecule is CC(=NNC(=O)c1ccc(-n2cccc2)cc1)c1ccc(OC(=O)c2ccccc2[N+](=O)[O-])cc1. The zero-order chi connectivity index (χ0) is 24.8. The first-order valence-corrected chi connectivity index (χ1v) is 10.6. The summed E-state index contributed by atoms with van der Waals surface area (Å²) in [6.45, 7) is 1.73. The number of benzene rings is 3. The molecule has 0 spiro atoms. The molecule has 4 rings (SSSR count). The van der Waals surface area contributed by atoms with Gasteiger partial charge in [-0.25, -0.2) is 10.2 Å². The normalized spacial score (nSPS) is 11.1. The lowest BCUT2D eigenvalue weighted by molar-refractivity contribution is -0.385. The first kappa shape index (κ1) is 23.1. The number of carbonyl (C=O) groups excluding carboxylic acids is 2. The van der Waals surface area contributed by atoms with Gasteiger partial charge in [0.05, 0.1) is 10.6 Å². The number of hydrogen-bond donors (Lipinski definition) is 1. The number of hydrazone groups is 1. The van der Waals surface area contributed by atoms with E-state index in [1.54, 1.807) is 43.3 Å². The summed E-state index contributed by atoms with van der Waals surface area (Å²) in [5, 5.41) is 15.3. The van der Waals surface area contributed by atoms with Gasteiger partial charge in [-0.05, 0) is 79.2 Å². The Morgan fingerprint density at radius 1 is 0.886 bits per heavy atom. The van der Waals surface area contributed by atoms with E-state index in [9.17, 15) is 19.7 Å². The molecule has 0 aliphatic rings. The van der Waals surface area contributed by atoms with E-state index in [1.807, 2.05) is 41.2 Å². The number of nitrogens with zero attached hydrogens (tertiary/aromatic N) is 3. The highest BCUT2D eigenvalue weighted by molar-refractivity contribution is 6.01. The van der Waals surface area contributed by atoms with Crippen molar-refractivity contribution in [1.29, 1.82) is 0 Å². The van der Waals surface area contributed by atoms with Gasteiger partial charge in [0.15, 0.2) is 0 Å². The number of nitrogens with one attached hydrogen (secondary N) is 1. The van der Waals surface area contributed by atoms with Crippen LogP contribution in [0.2, 0.25) is 0 Å². The predicted octanol–water partition coefficient (Wildman–Crippen LogP) is 4.76. The van der Waals surface area contributed by atoms with Crippen molar-refractivity contribution in [2.24, 2.45) is 5.10 Å². The number of aromatic nitrogens is 1. The molecule has 0 bridgehead atoms. The highest BCUT2D eigenvalue weighted by atomic mass is 16.6. The van der Waals surface area contributed by atoms with Crippen LogP contribution in [0.5, 0.6) is 5.75 Å². The Hall–Kier alpha value is -5.05. The third kappa shape index (κ3) is 5.48. The lowest BCUT2D eigenvalue weighted by atomic mass is 10.1. The molecule has 0 aliphatic heterocycles. The zero-order valence-corrected chi connectivity index (χ0v) is 18.6. The number of esters is 1. The average Bonchev–Trinajstić information content (AvgIpc) is 3.42. The van der Waals surface area contributed by atoms with Crippen molar-refractivity contribution in [2.45, 2.75) is 6.92 Å². The summed E-state index contributed by atoms with van der Waals surface area (Å²) in [5.41, 5.74) is 4.71. The second kappa shape index (κ2) is 10.3. The fourth-order valence-electron chi connectivity index (χ4n) is 3.29. The summed E-state index contributed by atoms with van der Waals surface area (Å²) in [6, 6.07) is 23.0. The molecular formula is C26H20N4O5. The molecule has 0 radical (unpaired) electrons. The van der Waals surface area contributed by atoms with Gasteiger partial charge in [0.2, 0.25) is 0 Å². The molecule has 1 amide bonds. The van der Waals surface area contributed by atoms with Gasteiger partial charge in [0.1, 0.15) is 11.3 Å². The maximum Gasteiger partial charge on any atom is 0.350 e. The number of ether oxygens (including phenoxy) is 1. The molecule has 4 aromatic rings. The van der Waals surface area contributed by atoms with Crippen LogP contribution in [0.1, 0.15) is 33.2 Å². The van der Waals surface area contributed by atoms with E-state index in [0.717, 1.165) is 5.69 Å². The van der Waals surface area contributed by atoms with Gasteiger partial charge < -0.3 is 9.30 Å². The topological polar surface area (TPSA) is 116 Å². The van der Waals surface area contributed by atoms with Crippen LogP contribution in [0.25, 0.3) is 5.69 Å². The van der Waals surface area contributed by atoms with Crippen LogP contribution >= 0.6 is 0 Å². The molecule has 9 heteroatoms. The quantitative estimate of drug-likeness (QED) is 0.138. The van der Waals surface area contributed by atoms with Crippen LogP contribution < -0.4 is 10.2 Å². The minimum atomic E-state index is -0.828. The van der Waals surface area contributed by atoms with E-state index in [4.69, 9.17) is 4.74 Å². The molecule has 1 heterocycles. The van der Waals surface area contributed by atoms with Crippen LogP contribution in [-0.4, -0.2) is 27.1 Å². The smallest absolute Gasteiger partial charge is 0.350 e. The summed E-state index contributed by atoms with van der Waals surface area (Å²) in [4.78, 5) is 35.3. The molecule has 174 valence electrons. The van der Waals surface area contributed by atoms with Crippen LogP contribution in [0, 0.1) is 10.1 Å². The monoisotopic (exact) mass is 468 g/mol. The Morgan fingerprint density at radius 3 is 2.17 bits per heavy atom. The largest absolute Gasteiger partial charge is 0.423 e. The minimum Gasteiger partial charge on any atom is -0.423 e.